The maximum atomic E-state index is 6.08. The van der Waals surface area contributed by atoms with E-state index in [1.807, 2.05) is 0 Å². The number of aromatic nitrogens is 6. The monoisotopic (exact) mass is 322 g/mol. The number of rotatable bonds is 3. The molecule has 0 fully saturated rings. The van der Waals surface area contributed by atoms with Gasteiger partial charge in [-0.3, -0.25) is 0 Å². The van der Waals surface area contributed by atoms with E-state index in [4.69, 9.17) is 28.9 Å². The van der Waals surface area contributed by atoms with Crippen molar-refractivity contribution < 1.29 is 0 Å². The van der Waals surface area contributed by atoms with Gasteiger partial charge in [-0.25, -0.2) is 4.98 Å². The van der Waals surface area contributed by atoms with E-state index in [9.17, 15) is 0 Å². The highest BCUT2D eigenvalue weighted by Crippen LogP contribution is 2.31. The van der Waals surface area contributed by atoms with Gasteiger partial charge in [0.05, 0.1) is 15.7 Å². The molecule has 0 saturated carbocycles. The first-order chi connectivity index (χ1) is 10.1. The number of nitrogens with zero attached hydrogens (tertiary/aromatic N) is 6. The van der Waals surface area contributed by atoms with Gasteiger partial charge >= 0.3 is 0 Å². The lowest BCUT2D eigenvalue weighted by Crippen LogP contribution is -2.09. The molecule has 1 aromatic carbocycles. The summed E-state index contributed by atoms with van der Waals surface area (Å²) in [6, 6.07) is 5.12. The zero-order chi connectivity index (χ0) is 14.8. The maximum absolute atomic E-state index is 6.08. The molecule has 0 aliphatic rings. The summed E-state index contributed by atoms with van der Waals surface area (Å²) in [5, 5.41) is 7.71. The van der Waals surface area contributed by atoms with Gasteiger partial charge < -0.3 is 11.1 Å². The average molecular weight is 323 g/mol. The molecule has 0 unspecified atom stereocenters. The summed E-state index contributed by atoms with van der Waals surface area (Å²) in [6.07, 6.45) is 2.80. The van der Waals surface area contributed by atoms with Crippen LogP contribution in [0.3, 0.4) is 0 Å². The quantitative estimate of drug-likeness (QED) is 0.760. The molecule has 0 amide bonds. The molecule has 0 radical (unpaired) electrons. The Morgan fingerprint density at radius 2 is 1.86 bits per heavy atom. The molecule has 10 heteroatoms. The van der Waals surface area contributed by atoms with E-state index in [2.05, 4.69) is 30.4 Å². The number of para-hydroxylation sites is 1. The normalized spacial score (nSPS) is 10.6. The molecule has 3 aromatic rings. The van der Waals surface area contributed by atoms with Gasteiger partial charge in [0.1, 0.15) is 12.7 Å². The number of hydrogen-bond acceptors (Lipinski definition) is 7. The second-order valence-corrected chi connectivity index (χ2v) is 4.69. The van der Waals surface area contributed by atoms with Crippen molar-refractivity contribution in [1.29, 1.82) is 0 Å². The fraction of sp³-hybridized carbons (Fsp3) is 0. The van der Waals surface area contributed by atoms with Crippen LogP contribution in [0.2, 0.25) is 10.0 Å². The van der Waals surface area contributed by atoms with Gasteiger partial charge in [-0.05, 0) is 12.1 Å². The summed E-state index contributed by atoms with van der Waals surface area (Å²) < 4.78 is 1.36. The van der Waals surface area contributed by atoms with E-state index in [1.54, 1.807) is 18.2 Å². The Morgan fingerprint density at radius 3 is 2.52 bits per heavy atom. The lowest BCUT2D eigenvalue weighted by Gasteiger charge is -2.09. The molecule has 0 spiro atoms. The van der Waals surface area contributed by atoms with Crippen LogP contribution in [0.5, 0.6) is 0 Å². The van der Waals surface area contributed by atoms with Gasteiger partial charge in [0, 0.05) is 0 Å². The number of benzene rings is 1. The Morgan fingerprint density at radius 1 is 1.10 bits per heavy atom. The predicted molar refractivity (Wildman–Crippen MR) is 78.9 cm³/mol. The van der Waals surface area contributed by atoms with E-state index < -0.39 is 0 Å². The topological polar surface area (TPSA) is 107 Å². The minimum Gasteiger partial charge on any atom is -0.368 e. The number of nitrogens with one attached hydrogen (secondary N) is 1. The lowest BCUT2D eigenvalue weighted by atomic mass is 10.3. The van der Waals surface area contributed by atoms with Crippen LogP contribution in [0.25, 0.3) is 5.95 Å². The third kappa shape index (κ3) is 2.86. The third-order valence-electron chi connectivity index (χ3n) is 2.46. The number of nitrogens with two attached hydrogens (primary N) is 1. The van der Waals surface area contributed by atoms with Gasteiger partial charge in [0.2, 0.25) is 11.9 Å². The molecule has 0 aliphatic heterocycles. The highest BCUT2D eigenvalue weighted by atomic mass is 35.5. The summed E-state index contributed by atoms with van der Waals surface area (Å²) in [5.41, 5.74) is 6.15. The lowest BCUT2D eigenvalue weighted by molar-refractivity contribution is 0.800. The third-order valence-corrected chi connectivity index (χ3v) is 3.09. The fourth-order valence-corrected chi connectivity index (χ4v) is 2.07. The van der Waals surface area contributed by atoms with Crippen LogP contribution in [0.4, 0.5) is 17.6 Å². The Kier molecular flexibility index (Phi) is 3.55. The Hall–Kier alpha value is -2.45. The second-order valence-electron chi connectivity index (χ2n) is 3.88. The van der Waals surface area contributed by atoms with Crippen LogP contribution in [0.15, 0.2) is 30.9 Å². The summed E-state index contributed by atoms with van der Waals surface area (Å²) in [5.74, 6) is 0.454. The maximum Gasteiger partial charge on any atom is 0.258 e. The molecule has 0 atom stereocenters. The van der Waals surface area contributed by atoms with Crippen molar-refractivity contribution in [2.75, 3.05) is 11.1 Å². The molecule has 0 bridgehead atoms. The molecular weight excluding hydrogens is 315 g/mol. The first kappa shape index (κ1) is 13.5. The standard InChI is InChI=1S/C11H8Cl2N8/c12-6-2-1-3-7(13)8(6)17-10-18-9(14)19-11(20-10)21-5-15-4-16-21/h1-5H,(H3,14,17,18,19,20). The minimum absolute atomic E-state index is 0.0289. The molecule has 21 heavy (non-hydrogen) atoms. The smallest absolute Gasteiger partial charge is 0.258 e. The van der Waals surface area contributed by atoms with Crippen LogP contribution in [-0.4, -0.2) is 29.7 Å². The summed E-state index contributed by atoms with van der Waals surface area (Å²) in [6.45, 7) is 0. The number of hydrogen-bond donors (Lipinski definition) is 2. The predicted octanol–water partition coefficient (Wildman–Crippen LogP) is 2.08. The molecule has 3 rings (SSSR count). The van der Waals surface area contributed by atoms with E-state index >= 15 is 0 Å². The summed E-state index contributed by atoms with van der Waals surface area (Å²) >= 11 is 12.2. The van der Waals surface area contributed by atoms with Crippen molar-refractivity contribution in [2.24, 2.45) is 0 Å². The highest BCUT2D eigenvalue weighted by Gasteiger charge is 2.11. The van der Waals surface area contributed by atoms with Crippen molar-refractivity contribution in [3.8, 4) is 5.95 Å². The van der Waals surface area contributed by atoms with Gasteiger partial charge in [-0.2, -0.15) is 24.7 Å². The molecule has 2 aromatic heterocycles. The SMILES string of the molecule is Nc1nc(Nc2c(Cl)cccc2Cl)nc(-n2cncn2)n1. The van der Waals surface area contributed by atoms with Crippen LogP contribution in [-0.2, 0) is 0 Å². The van der Waals surface area contributed by atoms with E-state index in [0.717, 1.165) is 0 Å². The minimum atomic E-state index is 0.0289. The number of anilines is 3. The Balaban J connectivity index is 2.00. The van der Waals surface area contributed by atoms with E-state index in [0.29, 0.717) is 15.7 Å². The van der Waals surface area contributed by atoms with Gasteiger partial charge in [-0.15, -0.1) is 0 Å². The summed E-state index contributed by atoms with van der Waals surface area (Å²) in [7, 11) is 0. The molecule has 8 nitrogen and oxygen atoms in total. The number of halogens is 2. The second kappa shape index (κ2) is 5.51. The van der Waals surface area contributed by atoms with E-state index in [1.165, 1.54) is 17.3 Å². The van der Waals surface area contributed by atoms with Crippen molar-refractivity contribution in [3.05, 3.63) is 40.9 Å². The first-order valence-corrected chi connectivity index (χ1v) is 6.46. The molecule has 3 N–H and O–H groups in total. The molecule has 2 heterocycles. The Bertz CT molecular complexity index is 754. The van der Waals surface area contributed by atoms with Crippen LogP contribution in [0, 0.1) is 0 Å². The molecule has 0 saturated heterocycles. The van der Waals surface area contributed by atoms with Crippen LogP contribution >= 0.6 is 23.2 Å². The zero-order valence-corrected chi connectivity index (χ0v) is 11.9. The van der Waals surface area contributed by atoms with Crippen molar-refractivity contribution in [1.82, 2.24) is 29.7 Å². The van der Waals surface area contributed by atoms with Gasteiger partial charge in [-0.1, -0.05) is 29.3 Å². The zero-order valence-electron chi connectivity index (χ0n) is 10.4. The largest absolute Gasteiger partial charge is 0.368 e. The Labute approximate surface area is 129 Å². The molecular formula is C11H8Cl2N8. The average Bonchev–Trinajstić information content (AvgIpc) is 2.97. The highest BCUT2D eigenvalue weighted by molar-refractivity contribution is 6.39. The van der Waals surface area contributed by atoms with Gasteiger partial charge in [0.25, 0.3) is 5.95 Å². The van der Waals surface area contributed by atoms with Gasteiger partial charge in [0.15, 0.2) is 0 Å². The molecule has 0 aliphatic carbocycles. The van der Waals surface area contributed by atoms with Crippen molar-refractivity contribution in [3.63, 3.8) is 0 Å². The van der Waals surface area contributed by atoms with Crippen molar-refractivity contribution >= 4 is 40.8 Å². The fourth-order valence-electron chi connectivity index (χ4n) is 1.58. The van der Waals surface area contributed by atoms with E-state index in [-0.39, 0.29) is 17.8 Å². The first-order valence-electron chi connectivity index (χ1n) is 5.71. The van der Waals surface area contributed by atoms with Crippen LogP contribution < -0.4 is 11.1 Å². The van der Waals surface area contributed by atoms with Crippen molar-refractivity contribution in [2.45, 2.75) is 0 Å². The van der Waals surface area contributed by atoms with Crippen LogP contribution in [0.1, 0.15) is 0 Å². The summed E-state index contributed by atoms with van der Waals surface area (Å²) in [4.78, 5) is 16.0. The molecule has 106 valence electrons. The number of nitrogen functional groups attached to an aromatic ring is 1.